The molecule has 140 valence electrons. The van der Waals surface area contributed by atoms with Gasteiger partial charge in [-0.3, -0.25) is 4.98 Å². The van der Waals surface area contributed by atoms with Crippen molar-refractivity contribution < 1.29 is 14.9 Å². The second kappa shape index (κ2) is 7.56. The van der Waals surface area contributed by atoms with Crippen LogP contribution in [0.2, 0.25) is 0 Å². The lowest BCUT2D eigenvalue weighted by atomic mass is 10.1. The van der Waals surface area contributed by atoms with E-state index in [0.29, 0.717) is 35.6 Å². The SMILES string of the molecule is Cc1cccc(-c2nc(N3CCOCC3)c3ncc(C(O)CO)cc3n2)c1. The first-order chi connectivity index (χ1) is 13.2. The fourth-order valence-corrected chi connectivity index (χ4v) is 3.22. The first-order valence-electron chi connectivity index (χ1n) is 9.02. The largest absolute Gasteiger partial charge is 0.393 e. The number of aliphatic hydroxyl groups is 2. The average Bonchev–Trinajstić information content (AvgIpc) is 2.72. The van der Waals surface area contributed by atoms with Gasteiger partial charge in [0.2, 0.25) is 0 Å². The minimum atomic E-state index is -0.980. The van der Waals surface area contributed by atoms with Gasteiger partial charge < -0.3 is 19.8 Å². The Morgan fingerprint density at radius 2 is 2.00 bits per heavy atom. The molecule has 1 aromatic carbocycles. The van der Waals surface area contributed by atoms with E-state index in [1.807, 2.05) is 31.2 Å². The Kier molecular flexibility index (Phi) is 4.98. The maximum Gasteiger partial charge on any atom is 0.162 e. The number of aliphatic hydroxyl groups excluding tert-OH is 2. The number of aromatic nitrogens is 3. The molecule has 2 aromatic heterocycles. The van der Waals surface area contributed by atoms with Crippen molar-refractivity contribution in [3.63, 3.8) is 0 Å². The van der Waals surface area contributed by atoms with Gasteiger partial charge in [0.25, 0.3) is 0 Å². The van der Waals surface area contributed by atoms with Crippen LogP contribution < -0.4 is 4.90 Å². The van der Waals surface area contributed by atoms with E-state index in [2.05, 4.69) is 9.88 Å². The second-order valence-corrected chi connectivity index (χ2v) is 6.67. The van der Waals surface area contributed by atoms with Gasteiger partial charge in [0.1, 0.15) is 11.6 Å². The van der Waals surface area contributed by atoms with Crippen molar-refractivity contribution in [3.05, 3.63) is 47.7 Å². The molecule has 0 radical (unpaired) electrons. The van der Waals surface area contributed by atoms with E-state index in [1.165, 1.54) is 0 Å². The number of hydrogen-bond donors (Lipinski definition) is 2. The number of fused-ring (bicyclic) bond motifs is 1. The van der Waals surface area contributed by atoms with Gasteiger partial charge in [-0.25, -0.2) is 9.97 Å². The third-order valence-electron chi connectivity index (χ3n) is 4.68. The fourth-order valence-electron chi connectivity index (χ4n) is 3.22. The predicted molar refractivity (Wildman–Crippen MR) is 103 cm³/mol. The summed E-state index contributed by atoms with van der Waals surface area (Å²) in [6.45, 7) is 4.44. The fraction of sp³-hybridized carbons (Fsp3) is 0.350. The average molecular weight is 366 g/mol. The Hall–Kier alpha value is -2.61. The van der Waals surface area contributed by atoms with Crippen molar-refractivity contribution in [2.24, 2.45) is 0 Å². The molecule has 3 aromatic rings. The number of morpholine rings is 1. The molecule has 1 aliphatic heterocycles. The Labute approximate surface area is 157 Å². The summed E-state index contributed by atoms with van der Waals surface area (Å²) in [6.07, 6.45) is 0.592. The maximum absolute atomic E-state index is 9.97. The van der Waals surface area contributed by atoms with E-state index >= 15 is 0 Å². The van der Waals surface area contributed by atoms with Gasteiger partial charge in [0, 0.05) is 30.4 Å². The van der Waals surface area contributed by atoms with Crippen molar-refractivity contribution in [2.45, 2.75) is 13.0 Å². The third-order valence-corrected chi connectivity index (χ3v) is 4.68. The quantitative estimate of drug-likeness (QED) is 0.728. The van der Waals surface area contributed by atoms with Crippen LogP contribution in [0.4, 0.5) is 5.82 Å². The molecule has 1 unspecified atom stereocenters. The molecule has 4 rings (SSSR count). The molecule has 1 fully saturated rings. The van der Waals surface area contributed by atoms with E-state index in [1.54, 1.807) is 12.3 Å². The Morgan fingerprint density at radius 1 is 1.19 bits per heavy atom. The number of rotatable bonds is 4. The van der Waals surface area contributed by atoms with Gasteiger partial charge in [-0.05, 0) is 19.1 Å². The zero-order chi connectivity index (χ0) is 18.8. The van der Waals surface area contributed by atoms with Crippen LogP contribution in [0.15, 0.2) is 36.5 Å². The topological polar surface area (TPSA) is 91.6 Å². The van der Waals surface area contributed by atoms with Crippen molar-refractivity contribution in [3.8, 4) is 11.4 Å². The van der Waals surface area contributed by atoms with Crippen LogP contribution in [0.5, 0.6) is 0 Å². The number of benzene rings is 1. The molecule has 1 aliphatic rings. The molecule has 27 heavy (non-hydrogen) atoms. The molecular formula is C20H22N4O3. The summed E-state index contributed by atoms with van der Waals surface area (Å²) in [4.78, 5) is 16.2. The predicted octanol–water partition coefficient (Wildman–Crippen LogP) is 1.86. The molecule has 0 spiro atoms. The van der Waals surface area contributed by atoms with Crippen LogP contribution in [0.3, 0.4) is 0 Å². The number of aryl methyl sites for hydroxylation is 1. The van der Waals surface area contributed by atoms with Crippen LogP contribution in [-0.4, -0.2) is 58.1 Å². The van der Waals surface area contributed by atoms with Crippen molar-refractivity contribution >= 4 is 16.9 Å². The van der Waals surface area contributed by atoms with Gasteiger partial charge in [-0.15, -0.1) is 0 Å². The molecule has 0 saturated carbocycles. The van der Waals surface area contributed by atoms with Gasteiger partial charge in [0.05, 0.1) is 25.3 Å². The highest BCUT2D eigenvalue weighted by atomic mass is 16.5. The monoisotopic (exact) mass is 366 g/mol. The highest BCUT2D eigenvalue weighted by Crippen LogP contribution is 2.28. The van der Waals surface area contributed by atoms with Crippen LogP contribution in [0, 0.1) is 6.92 Å². The first-order valence-corrected chi connectivity index (χ1v) is 9.02. The van der Waals surface area contributed by atoms with Gasteiger partial charge in [-0.1, -0.05) is 23.8 Å². The molecule has 2 N–H and O–H groups in total. The third kappa shape index (κ3) is 3.62. The highest BCUT2D eigenvalue weighted by molar-refractivity contribution is 5.88. The molecule has 0 amide bonds. The van der Waals surface area contributed by atoms with Gasteiger partial charge in [-0.2, -0.15) is 0 Å². The summed E-state index contributed by atoms with van der Waals surface area (Å²) in [5.74, 6) is 1.38. The number of hydrogen-bond acceptors (Lipinski definition) is 7. The zero-order valence-corrected chi connectivity index (χ0v) is 15.2. The summed E-state index contributed by atoms with van der Waals surface area (Å²) >= 11 is 0. The minimum Gasteiger partial charge on any atom is -0.393 e. The molecular weight excluding hydrogens is 344 g/mol. The molecule has 1 saturated heterocycles. The number of ether oxygens (including phenoxy) is 1. The zero-order valence-electron chi connectivity index (χ0n) is 15.2. The standard InChI is InChI=1S/C20H22N4O3/c1-13-3-2-4-14(9-13)19-22-16-10-15(17(26)12-25)11-21-18(16)20(23-19)24-5-7-27-8-6-24/h2-4,9-11,17,25-26H,5-8,12H2,1H3. The van der Waals surface area contributed by atoms with Crippen molar-refractivity contribution in [2.75, 3.05) is 37.8 Å². The summed E-state index contributed by atoms with van der Waals surface area (Å²) in [5, 5.41) is 19.2. The highest BCUT2D eigenvalue weighted by Gasteiger charge is 2.20. The molecule has 7 heteroatoms. The van der Waals surface area contributed by atoms with Crippen LogP contribution in [0.1, 0.15) is 17.2 Å². The summed E-state index contributed by atoms with van der Waals surface area (Å²) in [5.41, 5.74) is 3.92. The molecule has 1 atom stereocenters. The molecule has 7 nitrogen and oxygen atoms in total. The summed E-state index contributed by atoms with van der Waals surface area (Å²) < 4.78 is 5.46. The van der Waals surface area contributed by atoms with E-state index in [-0.39, 0.29) is 6.61 Å². The maximum atomic E-state index is 9.97. The lowest BCUT2D eigenvalue weighted by molar-refractivity contribution is 0.0954. The summed E-state index contributed by atoms with van der Waals surface area (Å²) in [7, 11) is 0. The van der Waals surface area contributed by atoms with Crippen LogP contribution in [0.25, 0.3) is 22.4 Å². The number of pyridine rings is 1. The van der Waals surface area contributed by atoms with Crippen LogP contribution in [-0.2, 0) is 4.74 Å². The van der Waals surface area contributed by atoms with E-state index < -0.39 is 6.10 Å². The van der Waals surface area contributed by atoms with Crippen LogP contribution >= 0.6 is 0 Å². The Balaban J connectivity index is 1.89. The minimum absolute atomic E-state index is 0.362. The Bertz CT molecular complexity index is 957. The smallest absolute Gasteiger partial charge is 0.162 e. The van der Waals surface area contributed by atoms with Gasteiger partial charge >= 0.3 is 0 Å². The van der Waals surface area contributed by atoms with E-state index in [0.717, 1.165) is 30.0 Å². The lowest BCUT2D eigenvalue weighted by Gasteiger charge is -2.28. The van der Waals surface area contributed by atoms with E-state index in [4.69, 9.17) is 14.7 Å². The van der Waals surface area contributed by atoms with Gasteiger partial charge in [0.15, 0.2) is 11.6 Å². The Morgan fingerprint density at radius 3 is 2.74 bits per heavy atom. The summed E-state index contributed by atoms with van der Waals surface area (Å²) in [6, 6.07) is 9.82. The number of anilines is 1. The van der Waals surface area contributed by atoms with E-state index in [9.17, 15) is 10.2 Å². The molecule has 0 aliphatic carbocycles. The molecule has 3 heterocycles. The molecule has 0 bridgehead atoms. The second-order valence-electron chi connectivity index (χ2n) is 6.67. The van der Waals surface area contributed by atoms with Crippen molar-refractivity contribution in [1.82, 2.24) is 15.0 Å². The lowest BCUT2D eigenvalue weighted by Crippen LogP contribution is -2.37. The first kappa shape index (κ1) is 17.8. The number of nitrogens with zero attached hydrogens (tertiary/aromatic N) is 4. The normalized spacial score (nSPS) is 15.9. The van der Waals surface area contributed by atoms with Crippen molar-refractivity contribution in [1.29, 1.82) is 0 Å².